The smallest absolute Gasteiger partial charge is 0.407 e. The number of rotatable bonds is 5. The van der Waals surface area contributed by atoms with Crippen LogP contribution < -0.4 is 21.6 Å². The minimum Gasteiger partial charge on any atom is -0.465 e. The number of amides is 1. The average molecular weight is 554 g/mol. The number of piperazine rings is 1. The molecule has 4 rings (SSSR count). The van der Waals surface area contributed by atoms with E-state index in [0.29, 0.717) is 23.5 Å². The molecule has 1 saturated heterocycles. The summed E-state index contributed by atoms with van der Waals surface area (Å²) in [7, 11) is 0. The van der Waals surface area contributed by atoms with Crippen molar-refractivity contribution < 1.29 is 9.90 Å². The number of nitrogen functional groups attached to an aromatic ring is 1. The second kappa shape index (κ2) is 10.6. The molecule has 1 aliphatic rings. The number of aryl methyl sites for hydroxylation is 1. The first kappa shape index (κ1) is 27.9. The van der Waals surface area contributed by atoms with Crippen LogP contribution in [0.25, 0.3) is 10.9 Å². The van der Waals surface area contributed by atoms with Crippen LogP contribution in [0.3, 0.4) is 0 Å². The number of hydrogen-bond donors (Lipinski definition) is 3. The van der Waals surface area contributed by atoms with Crippen LogP contribution in [0.4, 0.5) is 16.6 Å². The van der Waals surface area contributed by atoms with Gasteiger partial charge in [-0.05, 0) is 30.9 Å². The first-order valence-electron chi connectivity index (χ1n) is 12.6. The van der Waals surface area contributed by atoms with Gasteiger partial charge in [0.15, 0.2) is 5.82 Å². The molecule has 39 heavy (non-hydrogen) atoms. The summed E-state index contributed by atoms with van der Waals surface area (Å²) < 4.78 is 1.50. The first-order valence-corrected chi connectivity index (χ1v) is 13.0. The number of fused-ring (bicyclic) bond motifs is 1. The molecule has 0 bridgehead atoms. The minimum absolute atomic E-state index is 0.0114. The molecule has 206 valence electrons. The zero-order valence-corrected chi connectivity index (χ0v) is 23.3. The molecule has 0 spiro atoms. The number of nitriles is 1. The van der Waals surface area contributed by atoms with Crippen molar-refractivity contribution >= 4 is 40.4 Å². The van der Waals surface area contributed by atoms with Crippen LogP contribution in [0.1, 0.15) is 57.2 Å². The predicted molar refractivity (Wildman–Crippen MR) is 149 cm³/mol. The van der Waals surface area contributed by atoms with Gasteiger partial charge in [-0.25, -0.2) is 19.4 Å². The van der Waals surface area contributed by atoms with Gasteiger partial charge >= 0.3 is 6.09 Å². The molecular weight excluding hydrogens is 522 g/mol. The molecular formula is C26H32ClN9O3. The second-order valence-corrected chi connectivity index (χ2v) is 11.0. The van der Waals surface area contributed by atoms with E-state index in [1.165, 1.54) is 9.58 Å². The number of nitrogens with two attached hydrogens (primary N) is 1. The number of hydrogen-bond acceptors (Lipinski definition) is 9. The van der Waals surface area contributed by atoms with Crippen molar-refractivity contribution in [3.05, 3.63) is 50.7 Å². The third kappa shape index (κ3) is 5.27. The highest BCUT2D eigenvalue weighted by Crippen LogP contribution is 2.30. The van der Waals surface area contributed by atoms with Crippen molar-refractivity contribution in [2.45, 2.75) is 53.1 Å². The molecule has 3 aromatic rings. The zero-order chi connectivity index (χ0) is 28.6. The molecule has 1 fully saturated rings. The van der Waals surface area contributed by atoms with Gasteiger partial charge < -0.3 is 26.1 Å². The standard InChI is InChI=1S/C26H32ClN9O3/c1-6-17(31-21-15(12-28)14(2)30-24(29)33-21)22-32-18-9-7-8-16(27)20(18)23(37)36(22)34-10-11-35(25(38)39)19(13-34)26(3,4)5/h7-9,17,19H,6,10-11,13H2,1-5H3,(H,38,39)(H3,29,30,31,33)/t17?,19-/m1/s1. The van der Waals surface area contributed by atoms with Crippen molar-refractivity contribution in [3.63, 3.8) is 0 Å². The SMILES string of the molecule is CCC(Nc1nc(N)nc(C)c1C#N)c1nc2cccc(Cl)c2c(=O)n1N1CCN(C(=O)O)[C@@H](C(C)(C)C)C1. The molecule has 13 heteroatoms. The fraction of sp³-hybridized carbons (Fsp3) is 0.462. The highest BCUT2D eigenvalue weighted by atomic mass is 35.5. The molecule has 12 nitrogen and oxygen atoms in total. The Hall–Kier alpha value is -4.11. The quantitative estimate of drug-likeness (QED) is 0.425. The summed E-state index contributed by atoms with van der Waals surface area (Å²) in [4.78, 5) is 40.7. The molecule has 1 aliphatic heterocycles. The fourth-order valence-corrected chi connectivity index (χ4v) is 5.22. The maximum atomic E-state index is 14.1. The zero-order valence-electron chi connectivity index (χ0n) is 22.6. The average Bonchev–Trinajstić information content (AvgIpc) is 2.86. The summed E-state index contributed by atoms with van der Waals surface area (Å²) in [5, 5.41) is 25.2. The molecule has 1 aromatic carbocycles. The first-order chi connectivity index (χ1) is 18.4. The van der Waals surface area contributed by atoms with Crippen LogP contribution in [-0.4, -0.2) is 61.4 Å². The van der Waals surface area contributed by atoms with E-state index >= 15 is 0 Å². The van der Waals surface area contributed by atoms with Crippen LogP contribution in [0.5, 0.6) is 0 Å². The Labute approximate surface area is 231 Å². The monoisotopic (exact) mass is 553 g/mol. The largest absolute Gasteiger partial charge is 0.465 e. The van der Waals surface area contributed by atoms with Crippen molar-refractivity contribution in [3.8, 4) is 6.07 Å². The minimum atomic E-state index is -1.00. The van der Waals surface area contributed by atoms with Gasteiger partial charge in [-0.3, -0.25) is 4.79 Å². The summed E-state index contributed by atoms with van der Waals surface area (Å²) in [5.41, 5.74) is 6.20. The third-order valence-electron chi connectivity index (χ3n) is 6.99. The number of aromatic nitrogens is 4. The van der Waals surface area contributed by atoms with Crippen molar-refractivity contribution in [2.75, 3.05) is 35.7 Å². The Morgan fingerprint density at radius 2 is 2.03 bits per heavy atom. The van der Waals surface area contributed by atoms with Gasteiger partial charge in [0.05, 0.1) is 46.8 Å². The maximum absolute atomic E-state index is 14.1. The Morgan fingerprint density at radius 1 is 1.31 bits per heavy atom. The molecule has 1 amide bonds. The summed E-state index contributed by atoms with van der Waals surface area (Å²) in [6.45, 7) is 10.2. The van der Waals surface area contributed by atoms with E-state index in [9.17, 15) is 20.0 Å². The number of benzene rings is 1. The van der Waals surface area contributed by atoms with Gasteiger partial charge in [0.25, 0.3) is 5.56 Å². The van der Waals surface area contributed by atoms with E-state index in [4.69, 9.17) is 22.3 Å². The van der Waals surface area contributed by atoms with E-state index < -0.39 is 23.6 Å². The normalized spacial score (nSPS) is 16.7. The van der Waals surface area contributed by atoms with Crippen LogP contribution >= 0.6 is 11.6 Å². The van der Waals surface area contributed by atoms with Crippen LogP contribution in [0.15, 0.2) is 23.0 Å². The Bertz CT molecular complexity index is 1530. The Kier molecular flexibility index (Phi) is 7.57. The van der Waals surface area contributed by atoms with Crippen molar-refractivity contribution in [1.82, 2.24) is 24.5 Å². The molecule has 0 radical (unpaired) electrons. The summed E-state index contributed by atoms with van der Waals surface area (Å²) >= 11 is 6.47. The van der Waals surface area contributed by atoms with Crippen LogP contribution in [0.2, 0.25) is 5.02 Å². The summed E-state index contributed by atoms with van der Waals surface area (Å²) in [6.07, 6.45) is -0.528. The van der Waals surface area contributed by atoms with Gasteiger partial charge in [-0.2, -0.15) is 10.2 Å². The third-order valence-corrected chi connectivity index (χ3v) is 7.30. The fourth-order valence-electron chi connectivity index (χ4n) is 4.96. The van der Waals surface area contributed by atoms with E-state index in [1.807, 2.05) is 32.7 Å². The molecule has 3 heterocycles. The lowest BCUT2D eigenvalue weighted by atomic mass is 9.84. The number of anilines is 2. The maximum Gasteiger partial charge on any atom is 0.407 e. The lowest BCUT2D eigenvalue weighted by Crippen LogP contribution is -2.64. The van der Waals surface area contributed by atoms with Crippen LogP contribution in [-0.2, 0) is 0 Å². The molecule has 0 aliphatic carbocycles. The lowest BCUT2D eigenvalue weighted by Gasteiger charge is -2.47. The molecule has 2 atom stereocenters. The van der Waals surface area contributed by atoms with E-state index in [-0.39, 0.29) is 52.9 Å². The summed E-state index contributed by atoms with van der Waals surface area (Å²) in [5.74, 6) is 0.634. The highest BCUT2D eigenvalue weighted by molar-refractivity contribution is 6.35. The van der Waals surface area contributed by atoms with Gasteiger partial charge in [0.2, 0.25) is 5.95 Å². The van der Waals surface area contributed by atoms with Gasteiger partial charge in [0, 0.05) is 6.54 Å². The number of carboxylic acid groups (broad SMARTS) is 1. The lowest BCUT2D eigenvalue weighted by molar-refractivity contribution is 0.0683. The van der Waals surface area contributed by atoms with Gasteiger partial charge in [0.1, 0.15) is 17.5 Å². The van der Waals surface area contributed by atoms with E-state index in [0.717, 1.165) is 0 Å². The number of carbonyl (C=O) groups is 1. The molecule has 2 aromatic heterocycles. The van der Waals surface area contributed by atoms with Crippen molar-refractivity contribution in [1.29, 1.82) is 5.26 Å². The van der Waals surface area contributed by atoms with Gasteiger partial charge in [-0.15, -0.1) is 0 Å². The number of nitrogens with one attached hydrogen (secondary N) is 1. The highest BCUT2D eigenvalue weighted by Gasteiger charge is 2.39. The Morgan fingerprint density at radius 3 is 2.64 bits per heavy atom. The second-order valence-electron chi connectivity index (χ2n) is 10.6. The molecule has 4 N–H and O–H groups in total. The predicted octanol–water partition coefficient (Wildman–Crippen LogP) is 3.51. The van der Waals surface area contributed by atoms with Gasteiger partial charge in [-0.1, -0.05) is 45.4 Å². The number of halogens is 1. The van der Waals surface area contributed by atoms with Crippen molar-refractivity contribution in [2.24, 2.45) is 5.41 Å². The number of nitrogens with zero attached hydrogens (tertiary/aromatic N) is 7. The van der Waals surface area contributed by atoms with E-state index in [2.05, 4.69) is 21.4 Å². The van der Waals surface area contributed by atoms with Crippen LogP contribution in [0, 0.1) is 23.7 Å². The molecule has 1 unspecified atom stereocenters. The molecule has 0 saturated carbocycles. The summed E-state index contributed by atoms with van der Waals surface area (Å²) in [6, 6.07) is 6.24. The Balaban J connectivity index is 1.91. The topological polar surface area (TPSA) is 166 Å². The van der Waals surface area contributed by atoms with E-state index in [1.54, 1.807) is 25.1 Å².